The number of ketones is 1. The molecule has 0 aliphatic rings. The van der Waals surface area contributed by atoms with Gasteiger partial charge in [0, 0.05) is 22.1 Å². The molecule has 0 atom stereocenters. The molecular weight excluding hydrogens is 477 g/mol. The summed E-state index contributed by atoms with van der Waals surface area (Å²) in [6.07, 6.45) is 0. The molecule has 33 heavy (non-hydrogen) atoms. The number of benzene rings is 2. The van der Waals surface area contributed by atoms with Gasteiger partial charge in [0.2, 0.25) is 0 Å². The predicted molar refractivity (Wildman–Crippen MR) is 103 cm³/mol. The zero-order valence-electron chi connectivity index (χ0n) is 18.6. The number of fused-ring (bicyclic) bond motifs is 1. The number of rotatable bonds is 8. The summed E-state index contributed by atoms with van der Waals surface area (Å²) in [4.78, 5) is 35.6. The molecule has 0 saturated carbocycles. The van der Waals surface area contributed by atoms with Gasteiger partial charge in [0.1, 0.15) is 19.3 Å². The van der Waals surface area contributed by atoms with Crippen LogP contribution in [0.25, 0.3) is 11.0 Å². The third-order valence-electron chi connectivity index (χ3n) is 4.78. The number of aliphatic hydroxyl groups is 3. The molecule has 0 amide bonds. The first kappa shape index (κ1) is 30.3. The zero-order chi connectivity index (χ0) is 22.9. The van der Waals surface area contributed by atoms with Gasteiger partial charge >= 0.3 is 59.1 Å². The zero-order valence-corrected chi connectivity index (χ0v) is 23.5. The number of aryl methyl sites for hydroxylation is 1. The van der Waals surface area contributed by atoms with Crippen LogP contribution in [-0.2, 0) is 24.4 Å². The topological polar surface area (TPSA) is 173 Å². The van der Waals surface area contributed by atoms with Gasteiger partial charge < -0.3 is 43.3 Å². The summed E-state index contributed by atoms with van der Waals surface area (Å²) in [7, 11) is -4.12. The Balaban J connectivity index is 0.00000272. The predicted octanol–water partition coefficient (Wildman–Crippen LogP) is -5.33. The van der Waals surface area contributed by atoms with Crippen molar-refractivity contribution in [2.24, 2.45) is 0 Å². The van der Waals surface area contributed by atoms with E-state index >= 15 is 0 Å². The summed E-state index contributed by atoms with van der Waals surface area (Å²) >= 11 is 0. The first-order chi connectivity index (χ1) is 14.6. The second-order valence-corrected chi connectivity index (χ2v) is 7.70. The third kappa shape index (κ3) is 6.29. The van der Waals surface area contributed by atoms with Crippen molar-refractivity contribution in [1.82, 2.24) is 0 Å². The Morgan fingerprint density at radius 3 is 2.21 bits per heavy atom. The van der Waals surface area contributed by atoms with Crippen LogP contribution in [0.4, 0.5) is 0 Å². The maximum Gasteiger partial charge on any atom is 1.00 e. The monoisotopic (exact) mass is 496 g/mol. The maximum atomic E-state index is 13.3. The van der Waals surface area contributed by atoms with E-state index in [1.165, 1.54) is 38.3 Å². The summed E-state index contributed by atoms with van der Waals surface area (Å²) in [5.41, 5.74) is 0.625. The Morgan fingerprint density at radius 2 is 1.70 bits per heavy atom. The smallest absolute Gasteiger partial charge is 0.780 e. The molecule has 0 radical (unpaired) electrons. The molecule has 0 bridgehead atoms. The van der Waals surface area contributed by atoms with Gasteiger partial charge in [-0.05, 0) is 30.7 Å². The van der Waals surface area contributed by atoms with E-state index in [1.54, 1.807) is 0 Å². The van der Waals surface area contributed by atoms with Gasteiger partial charge in [-0.3, -0.25) is 4.79 Å². The summed E-state index contributed by atoms with van der Waals surface area (Å²) < 4.78 is 26.4. The van der Waals surface area contributed by atoms with Crippen molar-refractivity contribution in [3.8, 4) is 11.5 Å². The number of carbonyl (C=O) groups is 1. The number of hydrogen-bond donors (Lipinski definition) is 3. The molecule has 0 saturated heterocycles. The van der Waals surface area contributed by atoms with Crippen LogP contribution in [0.1, 0.15) is 38.4 Å². The van der Waals surface area contributed by atoms with E-state index in [9.17, 15) is 34.5 Å². The number of methoxy groups -OCH3 is 1. The minimum absolute atomic E-state index is 0. The van der Waals surface area contributed by atoms with Crippen LogP contribution in [-0.4, -0.2) is 28.2 Å². The fourth-order valence-electron chi connectivity index (χ4n) is 3.40. The van der Waals surface area contributed by atoms with E-state index in [0.29, 0.717) is 11.1 Å². The molecule has 13 heteroatoms. The van der Waals surface area contributed by atoms with Gasteiger partial charge in [0.05, 0.1) is 32.5 Å². The maximum absolute atomic E-state index is 13.3. The molecule has 3 aromatic rings. The minimum Gasteiger partial charge on any atom is -0.780 e. The Labute approximate surface area is 233 Å². The Hall–Kier alpha value is -0.720. The number of phosphoric acid groups is 1. The molecule has 1 heterocycles. The fourth-order valence-corrected chi connectivity index (χ4v) is 3.82. The molecule has 0 aliphatic heterocycles. The van der Waals surface area contributed by atoms with Crippen LogP contribution < -0.4 is 78.2 Å². The molecule has 10 nitrogen and oxygen atoms in total. The van der Waals surface area contributed by atoms with Crippen LogP contribution in [0.15, 0.2) is 28.7 Å². The average molecular weight is 496 g/mol. The molecule has 166 valence electrons. The van der Waals surface area contributed by atoms with Gasteiger partial charge in [-0.2, -0.15) is 0 Å². The number of aliphatic hydroxyl groups excluding tert-OH is 3. The average Bonchev–Trinajstić information content (AvgIpc) is 3.07. The molecule has 0 aliphatic carbocycles. The quantitative estimate of drug-likeness (QED) is 0.155. The summed E-state index contributed by atoms with van der Waals surface area (Å²) in [5, 5.41) is 28.8. The van der Waals surface area contributed by atoms with E-state index in [-0.39, 0.29) is 98.3 Å². The number of furan rings is 1. The third-order valence-corrected chi connectivity index (χ3v) is 5.19. The van der Waals surface area contributed by atoms with Crippen LogP contribution >= 0.6 is 7.82 Å². The van der Waals surface area contributed by atoms with Crippen molar-refractivity contribution >= 4 is 24.6 Å². The van der Waals surface area contributed by atoms with E-state index in [4.69, 9.17) is 9.15 Å². The van der Waals surface area contributed by atoms with Gasteiger partial charge in [-0.15, -0.1) is 0 Å². The normalized spacial score (nSPS) is 11.0. The van der Waals surface area contributed by atoms with Crippen LogP contribution in [0, 0.1) is 6.92 Å². The van der Waals surface area contributed by atoms with Gasteiger partial charge in [-0.25, -0.2) is 0 Å². The summed E-state index contributed by atoms with van der Waals surface area (Å²) in [6, 6.07) is 5.55. The van der Waals surface area contributed by atoms with E-state index in [0.717, 1.165) is 0 Å². The Morgan fingerprint density at radius 1 is 1.06 bits per heavy atom. The van der Waals surface area contributed by atoms with Crippen LogP contribution in [0.3, 0.4) is 0 Å². The number of hydrogen-bond acceptors (Lipinski definition) is 10. The minimum atomic E-state index is -5.47. The number of carbonyl (C=O) groups excluding carboxylic acids is 1. The standard InChI is InChI=1S/C20H21O10P.2Na/c1-10-17(18(24)12-5-13(8-22)15(9-23)16(6-12)28-2)14-4-3-11(7-21)19(20(14)29-10)30-31(25,26)27;;/h3-6,21-23H,7-9H2,1-2H3,(H2,25,26,27);;/q;2*+1/p-2. The first-order valence-corrected chi connectivity index (χ1v) is 10.4. The molecule has 2 aromatic carbocycles. The molecule has 3 N–H and O–H groups in total. The van der Waals surface area contributed by atoms with Crippen molar-refractivity contribution in [2.45, 2.75) is 26.7 Å². The molecule has 1 aromatic heterocycles. The van der Waals surface area contributed by atoms with Gasteiger partial charge in [0.15, 0.2) is 17.1 Å². The van der Waals surface area contributed by atoms with Crippen molar-refractivity contribution in [3.05, 3.63) is 57.8 Å². The molecular formula is C20H19Na2O10P. The van der Waals surface area contributed by atoms with Gasteiger partial charge in [-0.1, -0.05) is 6.07 Å². The Kier molecular flexibility index (Phi) is 11.3. The molecule has 0 fully saturated rings. The molecule has 0 unspecified atom stereocenters. The van der Waals surface area contributed by atoms with E-state index < -0.39 is 39.2 Å². The first-order valence-electron chi connectivity index (χ1n) is 8.98. The van der Waals surface area contributed by atoms with Crippen molar-refractivity contribution < 1.29 is 107 Å². The van der Waals surface area contributed by atoms with Gasteiger partial charge in [0.25, 0.3) is 0 Å². The van der Waals surface area contributed by atoms with Crippen molar-refractivity contribution in [2.75, 3.05) is 7.11 Å². The largest absolute Gasteiger partial charge is 1.00 e. The van der Waals surface area contributed by atoms with E-state index in [1.807, 2.05) is 0 Å². The molecule has 3 rings (SSSR count). The SMILES string of the molecule is COc1cc(C(=O)c2c(C)oc3c(OP(=O)([O-])[O-])c(CO)ccc23)cc(CO)c1CO.[Na+].[Na+]. The molecule has 0 spiro atoms. The Bertz CT molecular complexity index is 1180. The van der Waals surface area contributed by atoms with Crippen molar-refractivity contribution in [3.63, 3.8) is 0 Å². The summed E-state index contributed by atoms with van der Waals surface area (Å²) in [6.45, 7) is -0.0151. The second kappa shape index (κ2) is 12.3. The van der Waals surface area contributed by atoms with Crippen LogP contribution in [0.5, 0.6) is 11.5 Å². The fraction of sp³-hybridized carbons (Fsp3) is 0.250. The van der Waals surface area contributed by atoms with Crippen LogP contribution in [0.2, 0.25) is 0 Å². The van der Waals surface area contributed by atoms with E-state index in [2.05, 4.69) is 4.52 Å². The second-order valence-electron chi connectivity index (χ2n) is 6.62. The number of phosphoric ester groups is 1. The van der Waals surface area contributed by atoms with Crippen molar-refractivity contribution in [1.29, 1.82) is 0 Å². The summed E-state index contributed by atoms with van der Waals surface area (Å²) in [5.74, 6) is -0.709. The number of ether oxygens (including phenoxy) is 1.